The number of likely N-dealkylation sites (tertiary alicyclic amines) is 1. The van der Waals surface area contributed by atoms with Crippen LogP contribution in [0, 0.1) is 17.8 Å². The zero-order chi connectivity index (χ0) is 25.0. The van der Waals surface area contributed by atoms with Crippen LogP contribution in [-0.2, 0) is 24.2 Å². The molecule has 2 aromatic rings. The molecular formula is C30H35N3O3. The van der Waals surface area contributed by atoms with E-state index in [1.165, 1.54) is 21.6 Å². The fraction of sp³-hybridized carbons (Fsp3) is 0.467. The number of imide groups is 1. The van der Waals surface area contributed by atoms with Crippen molar-refractivity contribution in [3.8, 4) is 17.6 Å². The number of fused-ring (bicyclic) bond motifs is 1. The summed E-state index contributed by atoms with van der Waals surface area (Å²) < 4.78 is 5.65. The van der Waals surface area contributed by atoms with Crippen molar-refractivity contribution in [2.45, 2.75) is 57.5 Å². The van der Waals surface area contributed by atoms with Crippen molar-refractivity contribution in [1.29, 1.82) is 0 Å². The third kappa shape index (κ3) is 4.99. The Morgan fingerprint density at radius 3 is 2.67 bits per heavy atom. The molecule has 2 aromatic carbocycles. The third-order valence-corrected chi connectivity index (χ3v) is 7.94. The second kappa shape index (κ2) is 10.8. The van der Waals surface area contributed by atoms with Gasteiger partial charge in [0.2, 0.25) is 0 Å². The number of nitrogens with zero attached hydrogens (tertiary/aromatic N) is 2. The van der Waals surface area contributed by atoms with Crippen LogP contribution in [0.4, 0.5) is 4.79 Å². The summed E-state index contributed by atoms with van der Waals surface area (Å²) in [7, 11) is 0. The second-order valence-electron chi connectivity index (χ2n) is 10.1. The van der Waals surface area contributed by atoms with Gasteiger partial charge < -0.3 is 10.1 Å². The highest BCUT2D eigenvalue weighted by atomic mass is 16.5. The zero-order valence-corrected chi connectivity index (χ0v) is 21.1. The molecule has 2 saturated heterocycles. The number of urea groups is 1. The lowest BCUT2D eigenvalue weighted by Gasteiger charge is -2.41. The molecule has 0 bridgehead atoms. The molecule has 0 radical (unpaired) electrons. The first-order valence-electron chi connectivity index (χ1n) is 13.1. The minimum absolute atomic E-state index is 0.0969. The molecule has 3 aliphatic heterocycles. The van der Waals surface area contributed by atoms with E-state index in [-0.39, 0.29) is 24.4 Å². The Balaban J connectivity index is 1.27. The number of carbonyl (C=O) groups excluding carboxylic acids is 2. The molecule has 5 rings (SSSR count). The number of aryl methyl sites for hydroxylation is 1. The predicted octanol–water partition coefficient (Wildman–Crippen LogP) is 4.17. The van der Waals surface area contributed by atoms with Gasteiger partial charge in [0.25, 0.3) is 5.91 Å². The van der Waals surface area contributed by atoms with E-state index in [2.05, 4.69) is 52.4 Å². The van der Waals surface area contributed by atoms with E-state index in [9.17, 15) is 9.59 Å². The van der Waals surface area contributed by atoms with Crippen LogP contribution >= 0.6 is 0 Å². The van der Waals surface area contributed by atoms with Crippen LogP contribution in [0.5, 0.6) is 5.75 Å². The van der Waals surface area contributed by atoms with Gasteiger partial charge in [-0.2, -0.15) is 0 Å². The Labute approximate surface area is 214 Å². The summed E-state index contributed by atoms with van der Waals surface area (Å²) in [5.41, 5.74) is 3.03. The smallest absolute Gasteiger partial charge is 0.325 e. The number of piperidine rings is 1. The number of hydrogen-bond donors (Lipinski definition) is 1. The molecule has 0 aromatic heterocycles. The summed E-state index contributed by atoms with van der Waals surface area (Å²) in [5, 5.41) is 3.16. The lowest BCUT2D eigenvalue weighted by molar-refractivity contribution is -0.134. The topological polar surface area (TPSA) is 61.9 Å². The summed E-state index contributed by atoms with van der Waals surface area (Å²) in [6.45, 7) is 5.39. The van der Waals surface area contributed by atoms with Crippen molar-refractivity contribution in [2.24, 2.45) is 5.92 Å². The normalized spacial score (nSPS) is 22.1. The average Bonchev–Trinajstić information content (AvgIpc) is 3.46. The summed E-state index contributed by atoms with van der Waals surface area (Å²) in [5.74, 6) is 6.76. The molecule has 1 N–H and O–H groups in total. The van der Waals surface area contributed by atoms with Gasteiger partial charge in [-0.05, 0) is 80.8 Å². The van der Waals surface area contributed by atoms with Gasteiger partial charge in [-0.3, -0.25) is 14.6 Å². The van der Waals surface area contributed by atoms with Gasteiger partial charge in [0, 0.05) is 13.0 Å². The Morgan fingerprint density at radius 2 is 1.89 bits per heavy atom. The standard InChI is InChI=1S/C30H35N3O3/c1-2-3-17-33-28(34)30(31-29(33)35,16-7-10-23-8-5-4-6-9-23)26-13-18-32(19-14-26)22-24-11-12-27-25(21-24)15-20-36-27/h4-6,8-9,11-12,21,26H,7,10,13-20,22H2,1H3,(H,31,35). The first-order valence-corrected chi connectivity index (χ1v) is 13.1. The zero-order valence-electron chi connectivity index (χ0n) is 21.1. The van der Waals surface area contributed by atoms with Gasteiger partial charge in [0.05, 0.1) is 13.2 Å². The van der Waals surface area contributed by atoms with Gasteiger partial charge in [0.1, 0.15) is 11.3 Å². The number of hydrogen-bond acceptors (Lipinski definition) is 4. The van der Waals surface area contributed by atoms with Gasteiger partial charge in [-0.1, -0.05) is 48.4 Å². The third-order valence-electron chi connectivity index (χ3n) is 7.94. The van der Waals surface area contributed by atoms with E-state index >= 15 is 0 Å². The van der Waals surface area contributed by atoms with Gasteiger partial charge >= 0.3 is 6.03 Å². The number of ether oxygens (including phenoxy) is 1. The second-order valence-corrected chi connectivity index (χ2v) is 10.1. The number of carbonyl (C=O) groups is 2. The maximum atomic E-state index is 13.7. The minimum atomic E-state index is -0.835. The highest BCUT2D eigenvalue weighted by molar-refractivity contribution is 6.07. The summed E-state index contributed by atoms with van der Waals surface area (Å²) in [6.07, 6.45) is 5.15. The lowest BCUT2D eigenvalue weighted by Crippen LogP contribution is -2.56. The van der Waals surface area contributed by atoms with Crippen molar-refractivity contribution in [3.63, 3.8) is 0 Å². The van der Waals surface area contributed by atoms with E-state index in [1.54, 1.807) is 6.92 Å². The van der Waals surface area contributed by atoms with Crippen LogP contribution in [0.25, 0.3) is 0 Å². The van der Waals surface area contributed by atoms with E-state index in [1.807, 2.05) is 18.2 Å². The lowest BCUT2D eigenvalue weighted by atomic mass is 9.74. The molecule has 36 heavy (non-hydrogen) atoms. The molecule has 6 nitrogen and oxygen atoms in total. The van der Waals surface area contributed by atoms with Crippen LogP contribution in [0.1, 0.15) is 49.3 Å². The van der Waals surface area contributed by atoms with Crippen LogP contribution in [0.15, 0.2) is 48.5 Å². The average molecular weight is 486 g/mol. The fourth-order valence-electron chi connectivity index (χ4n) is 5.99. The molecule has 2 fully saturated rings. The summed E-state index contributed by atoms with van der Waals surface area (Å²) in [4.78, 5) is 30.4. The van der Waals surface area contributed by atoms with Crippen LogP contribution in [0.3, 0.4) is 0 Å². The van der Waals surface area contributed by atoms with Crippen molar-refractivity contribution >= 4 is 11.9 Å². The van der Waals surface area contributed by atoms with E-state index in [4.69, 9.17) is 4.74 Å². The van der Waals surface area contributed by atoms with Gasteiger partial charge in [-0.15, -0.1) is 5.92 Å². The summed E-state index contributed by atoms with van der Waals surface area (Å²) in [6, 6.07) is 16.6. The number of nitrogens with one attached hydrogen (secondary N) is 1. The Kier molecular flexibility index (Phi) is 7.29. The van der Waals surface area contributed by atoms with Crippen molar-refractivity contribution < 1.29 is 14.3 Å². The van der Waals surface area contributed by atoms with Gasteiger partial charge in [-0.25, -0.2) is 4.79 Å². The molecule has 3 amide bonds. The molecule has 188 valence electrons. The number of benzene rings is 2. The highest BCUT2D eigenvalue weighted by Gasteiger charge is 2.55. The van der Waals surface area contributed by atoms with E-state index in [0.29, 0.717) is 6.42 Å². The molecule has 0 spiro atoms. The van der Waals surface area contributed by atoms with Gasteiger partial charge in [0.15, 0.2) is 0 Å². The van der Waals surface area contributed by atoms with E-state index in [0.717, 1.165) is 64.1 Å². The molecule has 3 aliphatic rings. The first kappa shape index (κ1) is 24.4. The largest absolute Gasteiger partial charge is 0.493 e. The van der Waals surface area contributed by atoms with Crippen molar-refractivity contribution in [2.75, 3.05) is 26.2 Å². The van der Waals surface area contributed by atoms with Crippen LogP contribution in [-0.4, -0.2) is 53.5 Å². The Morgan fingerprint density at radius 1 is 1.08 bits per heavy atom. The molecule has 0 aliphatic carbocycles. The molecule has 0 saturated carbocycles. The molecule has 1 unspecified atom stereocenters. The molecular weight excluding hydrogens is 450 g/mol. The van der Waals surface area contributed by atoms with Crippen molar-refractivity contribution in [1.82, 2.24) is 15.1 Å². The predicted molar refractivity (Wildman–Crippen MR) is 139 cm³/mol. The minimum Gasteiger partial charge on any atom is -0.493 e. The van der Waals surface area contributed by atoms with Crippen LogP contribution in [0.2, 0.25) is 0 Å². The number of amides is 3. The Hall–Kier alpha value is -3.30. The number of rotatable bonds is 8. The SMILES string of the molecule is CC#CCN1C(=O)NC(CCCc2ccccc2)(C2CCN(Cc3ccc4c(c3)CCO4)CC2)C1=O. The highest BCUT2D eigenvalue weighted by Crippen LogP contribution is 2.38. The maximum absolute atomic E-state index is 13.7. The van der Waals surface area contributed by atoms with Crippen molar-refractivity contribution in [3.05, 3.63) is 65.2 Å². The Bertz CT molecular complexity index is 1160. The fourth-order valence-corrected chi connectivity index (χ4v) is 5.99. The summed E-state index contributed by atoms with van der Waals surface area (Å²) >= 11 is 0. The maximum Gasteiger partial charge on any atom is 0.325 e. The van der Waals surface area contributed by atoms with Crippen LogP contribution < -0.4 is 10.1 Å². The first-order chi connectivity index (χ1) is 17.6. The molecule has 1 atom stereocenters. The monoisotopic (exact) mass is 485 g/mol. The van der Waals surface area contributed by atoms with E-state index < -0.39 is 5.54 Å². The molecule has 6 heteroatoms. The quantitative estimate of drug-likeness (QED) is 0.450. The molecule has 3 heterocycles.